The van der Waals surface area contributed by atoms with Crippen LogP contribution in [-0.2, 0) is 19.1 Å². The summed E-state index contributed by atoms with van der Waals surface area (Å²) in [6, 6.07) is 0. The Kier molecular flexibility index (Phi) is 16.9. The van der Waals surface area contributed by atoms with Gasteiger partial charge in [-0.3, -0.25) is 9.59 Å². The van der Waals surface area contributed by atoms with Crippen LogP contribution in [0.3, 0.4) is 0 Å². The van der Waals surface area contributed by atoms with Crippen molar-refractivity contribution < 1.29 is 24.2 Å². The second kappa shape index (κ2) is 17.7. The number of hydrogen-bond acceptors (Lipinski definition) is 6. The van der Waals surface area contributed by atoms with Crippen LogP contribution >= 0.6 is 0 Å². The van der Waals surface area contributed by atoms with E-state index in [2.05, 4.69) is 11.8 Å². The van der Waals surface area contributed by atoms with Crippen LogP contribution in [0.4, 0.5) is 0 Å². The van der Waals surface area contributed by atoms with Gasteiger partial charge in [-0.05, 0) is 58.0 Å². The van der Waals surface area contributed by atoms with Crippen molar-refractivity contribution in [2.45, 2.75) is 71.6 Å². The van der Waals surface area contributed by atoms with Crippen LogP contribution in [0.5, 0.6) is 0 Å². The first kappa shape index (κ1) is 23.9. The van der Waals surface area contributed by atoms with Gasteiger partial charge in [0.1, 0.15) is 0 Å². The van der Waals surface area contributed by atoms with Crippen molar-refractivity contribution in [1.29, 1.82) is 0 Å². The normalized spacial score (nSPS) is 10.9. The zero-order valence-corrected chi connectivity index (χ0v) is 16.1. The Bertz CT molecular complexity index is 336. The molecular weight excluding hydrogens is 322 g/mol. The fraction of sp³-hybridized carbons (Fsp3) is 0.895. The van der Waals surface area contributed by atoms with Gasteiger partial charge in [-0.2, -0.15) is 0 Å². The largest absolute Gasteiger partial charge is 0.466 e. The molecule has 0 aliphatic rings. The minimum Gasteiger partial charge on any atom is -0.466 e. The standard InChI is InChI=1S/C19H37NO5/c1-3-11-18(22)24-16-9-5-6-10-17-25-19(23)12-14-20(4-2)13-7-8-15-21/h21H,3-17H2,1-2H3. The summed E-state index contributed by atoms with van der Waals surface area (Å²) in [5, 5.41) is 8.79. The summed E-state index contributed by atoms with van der Waals surface area (Å²) in [6.45, 7) is 7.73. The number of carbonyl (C=O) groups is 2. The lowest BCUT2D eigenvalue weighted by atomic mass is 10.2. The van der Waals surface area contributed by atoms with Gasteiger partial charge in [0.15, 0.2) is 0 Å². The first-order valence-corrected chi connectivity index (χ1v) is 9.78. The Morgan fingerprint density at radius 3 is 1.92 bits per heavy atom. The second-order valence-corrected chi connectivity index (χ2v) is 6.22. The summed E-state index contributed by atoms with van der Waals surface area (Å²) in [5.74, 6) is -0.261. The summed E-state index contributed by atoms with van der Waals surface area (Å²) in [5.41, 5.74) is 0. The molecule has 6 heteroatoms. The van der Waals surface area contributed by atoms with Gasteiger partial charge in [0.05, 0.1) is 19.6 Å². The van der Waals surface area contributed by atoms with Crippen LogP contribution in [0, 0.1) is 0 Å². The molecule has 0 radical (unpaired) electrons. The molecule has 0 heterocycles. The quantitative estimate of drug-likeness (QED) is 0.318. The first-order valence-electron chi connectivity index (χ1n) is 9.78. The second-order valence-electron chi connectivity index (χ2n) is 6.22. The molecule has 0 aliphatic heterocycles. The van der Waals surface area contributed by atoms with Crippen molar-refractivity contribution in [3.05, 3.63) is 0 Å². The highest BCUT2D eigenvalue weighted by molar-refractivity contribution is 5.69. The molecule has 0 unspecified atom stereocenters. The molecule has 0 fully saturated rings. The molecule has 0 aliphatic carbocycles. The first-order chi connectivity index (χ1) is 12.1. The molecule has 6 nitrogen and oxygen atoms in total. The van der Waals surface area contributed by atoms with E-state index in [1.807, 2.05) is 6.92 Å². The maximum atomic E-state index is 11.7. The van der Waals surface area contributed by atoms with Crippen molar-refractivity contribution in [2.75, 3.05) is 39.5 Å². The molecule has 0 aromatic heterocycles. The molecule has 0 aromatic carbocycles. The van der Waals surface area contributed by atoms with Crippen LogP contribution in [-0.4, -0.2) is 61.4 Å². The molecule has 0 rings (SSSR count). The maximum Gasteiger partial charge on any atom is 0.307 e. The van der Waals surface area contributed by atoms with Crippen LogP contribution in [0.1, 0.15) is 71.6 Å². The zero-order chi connectivity index (χ0) is 18.8. The molecule has 0 spiro atoms. The number of ether oxygens (including phenoxy) is 2. The van der Waals surface area contributed by atoms with E-state index in [-0.39, 0.29) is 18.5 Å². The molecule has 0 saturated carbocycles. The smallest absolute Gasteiger partial charge is 0.307 e. The van der Waals surface area contributed by atoms with Gasteiger partial charge in [0.25, 0.3) is 0 Å². The highest BCUT2D eigenvalue weighted by atomic mass is 16.5. The average molecular weight is 360 g/mol. The topological polar surface area (TPSA) is 76.1 Å². The Hall–Kier alpha value is -1.14. The van der Waals surface area contributed by atoms with E-state index in [0.29, 0.717) is 32.6 Å². The fourth-order valence-electron chi connectivity index (χ4n) is 2.40. The highest BCUT2D eigenvalue weighted by Gasteiger charge is 2.07. The van der Waals surface area contributed by atoms with Gasteiger partial charge in [-0.15, -0.1) is 0 Å². The minimum absolute atomic E-state index is 0.117. The Morgan fingerprint density at radius 2 is 1.40 bits per heavy atom. The van der Waals surface area contributed by atoms with E-state index < -0.39 is 0 Å². The summed E-state index contributed by atoms with van der Waals surface area (Å²) < 4.78 is 10.3. The van der Waals surface area contributed by atoms with E-state index in [9.17, 15) is 9.59 Å². The molecule has 0 bridgehead atoms. The van der Waals surface area contributed by atoms with Gasteiger partial charge in [-0.25, -0.2) is 0 Å². The average Bonchev–Trinajstić information content (AvgIpc) is 2.60. The summed E-state index contributed by atoms with van der Waals surface area (Å²) in [6.07, 6.45) is 7.15. The number of unbranched alkanes of at least 4 members (excludes halogenated alkanes) is 4. The summed E-state index contributed by atoms with van der Waals surface area (Å²) in [4.78, 5) is 25.1. The van der Waals surface area contributed by atoms with E-state index in [4.69, 9.17) is 14.6 Å². The third-order valence-electron chi connectivity index (χ3n) is 3.98. The van der Waals surface area contributed by atoms with Gasteiger partial charge in [0, 0.05) is 19.6 Å². The third-order valence-corrected chi connectivity index (χ3v) is 3.98. The van der Waals surface area contributed by atoms with E-state index >= 15 is 0 Å². The minimum atomic E-state index is -0.144. The third kappa shape index (κ3) is 16.1. The molecule has 0 atom stereocenters. The summed E-state index contributed by atoms with van der Waals surface area (Å²) >= 11 is 0. The van der Waals surface area contributed by atoms with Crippen LogP contribution in [0.15, 0.2) is 0 Å². The molecule has 0 saturated heterocycles. The van der Waals surface area contributed by atoms with Gasteiger partial charge in [0.2, 0.25) is 0 Å². The van der Waals surface area contributed by atoms with Gasteiger partial charge in [-0.1, -0.05) is 13.8 Å². The molecule has 1 N–H and O–H groups in total. The van der Waals surface area contributed by atoms with Crippen LogP contribution in [0.2, 0.25) is 0 Å². The molecule has 148 valence electrons. The van der Waals surface area contributed by atoms with Gasteiger partial charge >= 0.3 is 11.9 Å². The number of aliphatic hydroxyl groups is 1. The van der Waals surface area contributed by atoms with Crippen molar-refractivity contribution in [2.24, 2.45) is 0 Å². The van der Waals surface area contributed by atoms with Crippen molar-refractivity contribution in [3.8, 4) is 0 Å². The van der Waals surface area contributed by atoms with Crippen molar-refractivity contribution >= 4 is 11.9 Å². The Morgan fingerprint density at radius 1 is 0.800 bits per heavy atom. The number of aliphatic hydroxyl groups excluding tert-OH is 1. The number of rotatable bonds is 17. The predicted molar refractivity (Wildman–Crippen MR) is 98.3 cm³/mol. The molecule has 0 amide bonds. The lowest BCUT2D eigenvalue weighted by Crippen LogP contribution is -2.28. The number of carbonyl (C=O) groups excluding carboxylic acids is 2. The molecule has 25 heavy (non-hydrogen) atoms. The maximum absolute atomic E-state index is 11.7. The number of esters is 2. The Balaban J connectivity index is 3.47. The van der Waals surface area contributed by atoms with Gasteiger partial charge < -0.3 is 19.5 Å². The van der Waals surface area contributed by atoms with E-state index in [0.717, 1.165) is 58.0 Å². The zero-order valence-electron chi connectivity index (χ0n) is 16.1. The molecular formula is C19H37NO5. The monoisotopic (exact) mass is 359 g/mol. The van der Waals surface area contributed by atoms with Crippen LogP contribution < -0.4 is 0 Å². The van der Waals surface area contributed by atoms with Crippen molar-refractivity contribution in [3.63, 3.8) is 0 Å². The van der Waals surface area contributed by atoms with E-state index in [1.54, 1.807) is 0 Å². The summed E-state index contributed by atoms with van der Waals surface area (Å²) in [7, 11) is 0. The fourth-order valence-corrected chi connectivity index (χ4v) is 2.40. The number of hydrogen-bond donors (Lipinski definition) is 1. The van der Waals surface area contributed by atoms with E-state index in [1.165, 1.54) is 0 Å². The van der Waals surface area contributed by atoms with Crippen LogP contribution in [0.25, 0.3) is 0 Å². The van der Waals surface area contributed by atoms with Crippen molar-refractivity contribution in [1.82, 2.24) is 4.90 Å². The SMILES string of the molecule is CCCC(=O)OCCCCCCOC(=O)CCN(CC)CCCCO. The molecule has 0 aromatic rings. The lowest BCUT2D eigenvalue weighted by molar-refractivity contribution is -0.145. The Labute approximate surface area is 152 Å². The predicted octanol–water partition coefficient (Wildman–Crippen LogP) is 2.92. The number of nitrogens with zero attached hydrogens (tertiary/aromatic N) is 1. The lowest BCUT2D eigenvalue weighted by Gasteiger charge is -2.19. The highest BCUT2D eigenvalue weighted by Crippen LogP contribution is 2.03.